The van der Waals surface area contributed by atoms with E-state index in [0.29, 0.717) is 10.0 Å². The molecule has 0 saturated carbocycles. The van der Waals surface area contributed by atoms with Crippen LogP contribution in [0.2, 0.25) is 10.0 Å². The quantitative estimate of drug-likeness (QED) is 0.404. The van der Waals surface area contributed by atoms with Gasteiger partial charge in [-0.25, -0.2) is 0 Å². The van der Waals surface area contributed by atoms with E-state index in [1.807, 2.05) is 18.2 Å². The average Bonchev–Trinajstić information content (AvgIpc) is 2.92. The Bertz CT molecular complexity index is 968. The summed E-state index contributed by atoms with van der Waals surface area (Å²) in [6, 6.07) is 14.3. The molecule has 0 spiro atoms. The molecule has 1 heterocycles. The van der Waals surface area contributed by atoms with Gasteiger partial charge in [0.25, 0.3) is 0 Å². The summed E-state index contributed by atoms with van der Waals surface area (Å²) >= 11 is 12.5. The van der Waals surface area contributed by atoms with Crippen molar-refractivity contribution in [3.8, 4) is 0 Å². The van der Waals surface area contributed by atoms with Crippen LogP contribution >= 0.6 is 35.6 Å². The minimum Gasteiger partial charge on any atom is -0.343 e. The molecular formula is C24H31Cl3N2. The fraction of sp³-hybridized carbons (Fsp3) is 0.417. The molecule has 3 aromatic rings. The van der Waals surface area contributed by atoms with Gasteiger partial charge in [0.1, 0.15) is 0 Å². The second-order valence-corrected chi connectivity index (χ2v) is 10.4. The number of halogens is 3. The highest BCUT2D eigenvalue weighted by Crippen LogP contribution is 2.29. The van der Waals surface area contributed by atoms with Gasteiger partial charge in [-0.15, -0.1) is 12.4 Å². The lowest BCUT2D eigenvalue weighted by atomic mass is 9.82. The maximum absolute atomic E-state index is 6.41. The molecule has 2 aromatic carbocycles. The van der Waals surface area contributed by atoms with E-state index in [1.54, 1.807) is 0 Å². The van der Waals surface area contributed by atoms with Gasteiger partial charge in [0.2, 0.25) is 0 Å². The van der Waals surface area contributed by atoms with Gasteiger partial charge in [0.15, 0.2) is 0 Å². The van der Waals surface area contributed by atoms with Gasteiger partial charge < -0.3 is 9.88 Å². The zero-order chi connectivity index (χ0) is 20.5. The highest BCUT2D eigenvalue weighted by Gasteiger charge is 2.25. The fourth-order valence-corrected chi connectivity index (χ4v) is 4.62. The smallest absolute Gasteiger partial charge is 0.0491 e. The molecule has 0 saturated heterocycles. The van der Waals surface area contributed by atoms with Crippen LogP contribution in [0.25, 0.3) is 10.9 Å². The lowest BCUT2D eigenvalue weighted by Gasteiger charge is -2.33. The Morgan fingerprint density at radius 2 is 1.62 bits per heavy atom. The number of hydrogen-bond donors (Lipinski definition) is 1. The molecule has 1 N–H and O–H groups in total. The molecule has 2 nitrogen and oxygen atoms in total. The average molecular weight is 454 g/mol. The number of hydrogen-bond acceptors (Lipinski definition) is 1. The van der Waals surface area contributed by atoms with Crippen LogP contribution in [0.5, 0.6) is 0 Å². The predicted molar refractivity (Wildman–Crippen MR) is 130 cm³/mol. The van der Waals surface area contributed by atoms with Gasteiger partial charge in [0.05, 0.1) is 0 Å². The Morgan fingerprint density at radius 1 is 0.931 bits per heavy atom. The number of nitrogens with one attached hydrogen (secondary N) is 1. The summed E-state index contributed by atoms with van der Waals surface area (Å²) in [6.45, 7) is 13.0. The third kappa shape index (κ3) is 6.39. The Kier molecular flexibility index (Phi) is 7.73. The summed E-state index contributed by atoms with van der Waals surface area (Å²) in [4.78, 5) is 0. The first-order valence-electron chi connectivity index (χ1n) is 9.80. The van der Waals surface area contributed by atoms with Crippen molar-refractivity contribution in [2.75, 3.05) is 0 Å². The van der Waals surface area contributed by atoms with E-state index in [4.69, 9.17) is 23.2 Å². The molecule has 0 atom stereocenters. The van der Waals surface area contributed by atoms with E-state index in [9.17, 15) is 0 Å². The first-order chi connectivity index (χ1) is 13.0. The van der Waals surface area contributed by atoms with Gasteiger partial charge in [-0.05, 0) is 55.0 Å². The second-order valence-electron chi connectivity index (χ2n) is 9.51. The van der Waals surface area contributed by atoms with Crippen LogP contribution < -0.4 is 5.32 Å². The molecule has 0 bridgehead atoms. The van der Waals surface area contributed by atoms with Crippen molar-refractivity contribution < 1.29 is 0 Å². The number of para-hydroxylation sites is 1. The molecule has 1 aromatic heterocycles. The maximum Gasteiger partial charge on any atom is 0.0491 e. The van der Waals surface area contributed by atoms with Gasteiger partial charge in [-0.3, -0.25) is 0 Å². The van der Waals surface area contributed by atoms with Crippen molar-refractivity contribution in [3.05, 3.63) is 69.8 Å². The van der Waals surface area contributed by atoms with Crippen molar-refractivity contribution in [3.63, 3.8) is 0 Å². The minimum absolute atomic E-state index is 0. The highest BCUT2D eigenvalue weighted by atomic mass is 35.5. The van der Waals surface area contributed by atoms with Gasteiger partial charge in [-0.1, -0.05) is 68.2 Å². The molecule has 0 amide bonds. The lowest BCUT2D eigenvalue weighted by Crippen LogP contribution is -2.41. The molecule has 3 rings (SSSR count). The molecule has 0 radical (unpaired) electrons. The number of rotatable bonds is 6. The summed E-state index contributed by atoms with van der Waals surface area (Å²) in [5, 5.41) is 6.42. The molecule has 0 aliphatic rings. The highest BCUT2D eigenvalue weighted by molar-refractivity contribution is 6.35. The van der Waals surface area contributed by atoms with Crippen LogP contribution in [0.15, 0.2) is 48.7 Å². The van der Waals surface area contributed by atoms with Gasteiger partial charge in [-0.2, -0.15) is 0 Å². The number of nitrogens with zero attached hydrogens (tertiary/aromatic N) is 1. The van der Waals surface area contributed by atoms with Crippen molar-refractivity contribution in [2.45, 2.75) is 59.7 Å². The summed E-state index contributed by atoms with van der Waals surface area (Å²) in [7, 11) is 0. The number of benzene rings is 2. The van der Waals surface area contributed by atoms with Crippen LogP contribution in [0.4, 0.5) is 0 Å². The van der Waals surface area contributed by atoms with Crippen LogP contribution in [0, 0.1) is 5.41 Å². The Labute approximate surface area is 191 Å². The van der Waals surface area contributed by atoms with E-state index in [0.717, 1.165) is 25.1 Å². The number of aromatic nitrogens is 1. The third-order valence-corrected chi connectivity index (χ3v) is 5.54. The van der Waals surface area contributed by atoms with E-state index in [2.05, 4.69) is 75.0 Å². The van der Waals surface area contributed by atoms with Gasteiger partial charge >= 0.3 is 0 Å². The molecule has 0 unspecified atom stereocenters. The topological polar surface area (TPSA) is 17.0 Å². The zero-order valence-corrected chi connectivity index (χ0v) is 20.2. The molecule has 0 aliphatic carbocycles. The maximum atomic E-state index is 6.41. The van der Waals surface area contributed by atoms with Gasteiger partial charge in [0, 0.05) is 45.8 Å². The predicted octanol–water partition coefficient (Wildman–Crippen LogP) is 7.72. The minimum atomic E-state index is 0. The summed E-state index contributed by atoms with van der Waals surface area (Å²) < 4.78 is 2.28. The van der Waals surface area contributed by atoms with Crippen molar-refractivity contribution in [1.29, 1.82) is 0 Å². The first kappa shape index (κ1) is 24.1. The standard InChI is InChI=1S/C24H30Cl2N2.ClH/c1-23(2,3)16-24(4,5)27-13-18-15-28(22-9-7-6-8-20(18)22)14-17-10-11-19(25)12-21(17)26;/h6-12,15,27H,13-14,16H2,1-5H3;1H. The third-order valence-electron chi connectivity index (χ3n) is 4.96. The normalized spacial score (nSPS) is 12.2. The lowest BCUT2D eigenvalue weighted by molar-refractivity contribution is 0.241. The first-order valence-corrected chi connectivity index (χ1v) is 10.6. The summed E-state index contributed by atoms with van der Waals surface area (Å²) in [5.74, 6) is 0. The summed E-state index contributed by atoms with van der Waals surface area (Å²) in [6.07, 6.45) is 3.36. The molecule has 5 heteroatoms. The SMILES string of the molecule is CC(C)(C)CC(C)(C)NCc1cn(Cc2ccc(Cl)cc2Cl)c2ccccc12.Cl. The summed E-state index contributed by atoms with van der Waals surface area (Å²) in [5.41, 5.74) is 3.96. The van der Waals surface area contributed by atoms with Crippen LogP contribution in [-0.2, 0) is 13.1 Å². The van der Waals surface area contributed by atoms with E-state index < -0.39 is 0 Å². The monoisotopic (exact) mass is 452 g/mol. The Balaban J connectivity index is 0.00000300. The van der Waals surface area contributed by atoms with Crippen molar-refractivity contribution in [2.24, 2.45) is 5.41 Å². The number of fused-ring (bicyclic) bond motifs is 1. The van der Waals surface area contributed by atoms with E-state index in [-0.39, 0.29) is 23.4 Å². The Hall–Kier alpha value is -1.19. The van der Waals surface area contributed by atoms with Crippen LogP contribution in [-0.4, -0.2) is 10.1 Å². The second kappa shape index (κ2) is 9.31. The molecule has 0 fully saturated rings. The van der Waals surface area contributed by atoms with Crippen LogP contribution in [0.3, 0.4) is 0 Å². The van der Waals surface area contributed by atoms with Crippen LogP contribution in [0.1, 0.15) is 52.2 Å². The molecule has 158 valence electrons. The molecule has 29 heavy (non-hydrogen) atoms. The molecule has 0 aliphatic heterocycles. The van der Waals surface area contributed by atoms with E-state index >= 15 is 0 Å². The fourth-order valence-electron chi connectivity index (χ4n) is 4.15. The Morgan fingerprint density at radius 3 is 2.28 bits per heavy atom. The van der Waals surface area contributed by atoms with Crippen molar-refractivity contribution in [1.82, 2.24) is 9.88 Å². The van der Waals surface area contributed by atoms with Crippen molar-refractivity contribution >= 4 is 46.5 Å². The zero-order valence-electron chi connectivity index (χ0n) is 17.9. The molecular weight excluding hydrogens is 423 g/mol. The largest absolute Gasteiger partial charge is 0.343 e. The van der Waals surface area contributed by atoms with E-state index in [1.165, 1.54) is 16.5 Å².